The summed E-state index contributed by atoms with van der Waals surface area (Å²) >= 11 is 0. The van der Waals surface area contributed by atoms with Crippen LogP contribution in [-0.2, 0) is 16.0 Å². The first-order valence-corrected chi connectivity index (χ1v) is 23.4. The molecule has 2 saturated carbocycles. The Morgan fingerprint density at radius 3 is 2.60 bits per heavy atom. The number of nitrogens with zero attached hydrogens (tertiary/aromatic N) is 1. The molecule has 4 aliphatic rings. The van der Waals surface area contributed by atoms with Crippen molar-refractivity contribution < 1.29 is 34.8 Å². The van der Waals surface area contributed by atoms with E-state index in [-0.39, 0.29) is 42.4 Å². The van der Waals surface area contributed by atoms with Crippen LogP contribution >= 0.6 is 0 Å². The number of aromatic hydroxyl groups is 1. The Morgan fingerprint density at radius 1 is 0.984 bits per heavy atom. The Hall–Kier alpha value is -4.79. The molecule has 0 amide bonds. The number of piperidine rings is 1. The molecule has 10 nitrogen and oxygen atoms in total. The number of hydrogen-bond acceptors (Lipinski definition) is 10. The molecule has 3 aromatic carbocycles. The van der Waals surface area contributed by atoms with Crippen LogP contribution in [0.15, 0.2) is 72.9 Å². The molecule has 3 fully saturated rings. The average Bonchev–Trinajstić information content (AvgIpc) is 3.34. The summed E-state index contributed by atoms with van der Waals surface area (Å²) < 4.78 is 5.51. The van der Waals surface area contributed by atoms with Gasteiger partial charge in [0.2, 0.25) is 0 Å². The predicted octanol–water partition coefficient (Wildman–Crippen LogP) is 7.77. The third-order valence-electron chi connectivity index (χ3n) is 15.3. The van der Waals surface area contributed by atoms with Gasteiger partial charge in [-0.15, -0.1) is 0 Å². The summed E-state index contributed by atoms with van der Waals surface area (Å²) in [6.45, 7) is 1.01. The van der Waals surface area contributed by atoms with E-state index in [2.05, 4.69) is 52.5 Å². The van der Waals surface area contributed by atoms with Crippen LogP contribution in [0.3, 0.4) is 0 Å². The largest absolute Gasteiger partial charge is 0.504 e. The fourth-order valence-corrected chi connectivity index (χ4v) is 11.7. The lowest BCUT2D eigenvalue weighted by molar-refractivity contribution is -0.134. The van der Waals surface area contributed by atoms with E-state index in [0.29, 0.717) is 86.5 Å². The highest BCUT2D eigenvalue weighted by molar-refractivity contribution is 5.89. The Bertz CT molecular complexity index is 2320. The number of aliphatic hydroxyl groups is 3. The fraction of sp³-hybridized carbons (Fsp3) is 0.528. The Balaban J connectivity index is 1.02. The minimum atomic E-state index is -1.21. The zero-order valence-electron chi connectivity index (χ0n) is 36.7. The van der Waals surface area contributed by atoms with Crippen molar-refractivity contribution in [1.29, 1.82) is 0 Å². The van der Waals surface area contributed by atoms with Crippen molar-refractivity contribution in [2.75, 3.05) is 26.0 Å². The van der Waals surface area contributed by atoms with Gasteiger partial charge in [0.05, 0.1) is 19.3 Å². The van der Waals surface area contributed by atoms with Crippen LogP contribution in [0.5, 0.6) is 11.5 Å². The molecule has 10 atom stereocenters. The van der Waals surface area contributed by atoms with Gasteiger partial charge >= 0.3 is 0 Å². The quantitative estimate of drug-likeness (QED) is 0.0688. The number of phenols is 1. The summed E-state index contributed by atoms with van der Waals surface area (Å²) in [5, 5.41) is 50.8. The second-order valence-electron chi connectivity index (χ2n) is 19.1. The number of Topliss-reactive ketones (excluding diaryl/α,β-unsaturated/α-hetero) is 2. The van der Waals surface area contributed by atoms with E-state index < -0.39 is 23.5 Å². The van der Waals surface area contributed by atoms with Crippen molar-refractivity contribution in [3.63, 3.8) is 0 Å². The molecule has 3 aliphatic carbocycles. The lowest BCUT2D eigenvalue weighted by atomic mass is 9.63. The molecular formula is C53H65N3O7. The number of hydrogen-bond donors (Lipinski definition) is 6. The van der Waals surface area contributed by atoms with Gasteiger partial charge in [-0.1, -0.05) is 54.3 Å². The molecule has 2 heterocycles. The predicted molar refractivity (Wildman–Crippen MR) is 245 cm³/mol. The summed E-state index contributed by atoms with van der Waals surface area (Å²) in [6, 6.07) is 22.2. The number of fused-ring (bicyclic) bond motifs is 3. The second kappa shape index (κ2) is 19.9. The highest BCUT2D eigenvalue weighted by Crippen LogP contribution is 2.47. The number of carbonyl (C=O) groups excluding carboxylic acids is 2. The summed E-state index contributed by atoms with van der Waals surface area (Å²) in [5.41, 5.74) is 8.68. The van der Waals surface area contributed by atoms with Crippen LogP contribution in [0.25, 0.3) is 10.8 Å². The molecular weight excluding hydrogens is 791 g/mol. The fourth-order valence-electron chi connectivity index (χ4n) is 11.7. The molecule has 8 rings (SSSR count). The van der Waals surface area contributed by atoms with Crippen LogP contribution in [0.2, 0.25) is 0 Å². The second-order valence-corrected chi connectivity index (χ2v) is 19.1. The average molecular weight is 856 g/mol. The normalized spacial score (nSPS) is 27.5. The third kappa shape index (κ3) is 10.1. The van der Waals surface area contributed by atoms with E-state index in [9.17, 15) is 30.0 Å². The van der Waals surface area contributed by atoms with E-state index >= 15 is 0 Å². The maximum Gasteiger partial charge on any atom is 0.160 e. The molecule has 0 bridgehead atoms. The summed E-state index contributed by atoms with van der Waals surface area (Å²) in [4.78, 5) is 30.8. The van der Waals surface area contributed by atoms with Crippen LogP contribution in [-0.4, -0.2) is 75.5 Å². The van der Waals surface area contributed by atoms with Gasteiger partial charge in [-0.2, -0.15) is 0 Å². The summed E-state index contributed by atoms with van der Waals surface area (Å²) in [6.07, 6.45) is 9.58. The number of phenolic OH excluding ortho intramolecular Hbond substituents is 1. The number of carbonyl (C=O) groups is 2. The number of aliphatic hydroxyl groups excluding tert-OH is 3. The molecule has 1 saturated heterocycles. The van der Waals surface area contributed by atoms with E-state index in [1.807, 2.05) is 24.3 Å². The summed E-state index contributed by atoms with van der Waals surface area (Å²) in [5.74, 6) is 8.92. The molecule has 1 aliphatic heterocycles. The number of rotatable bonds is 14. The van der Waals surface area contributed by atoms with Crippen molar-refractivity contribution in [3.8, 4) is 23.3 Å². The number of nitrogens with one attached hydrogen (secondary N) is 1. The maximum absolute atomic E-state index is 14.4. The standard InChI is InChI=1S/C53H65N3O7/c1-63-49-27-39-12-15-50(61)53(19-16-33(24-51(53)62)23-36(7-4-22-57)42-26-41-11-14-44(59)30-47(41)56-32-42)20-17-35(46(39)31-48(49)60)10-13-43(58)29-45(40-18-21-55-52(54)28-40)38-9-8-34-5-2-3-6-37(34)25-38/h2-3,5-6,8-9,18,21,25,27-28,31,33,35-36,41-43,45,47,51,56-58,60,62H,4,7,10-16,19,22-24,26,29-30,32H2,1H3,(H2,54,55). The number of ketones is 2. The Kier molecular flexibility index (Phi) is 14.2. The molecule has 4 aromatic rings. The van der Waals surface area contributed by atoms with E-state index in [4.69, 9.17) is 10.5 Å². The molecule has 10 unspecified atom stereocenters. The molecule has 1 aromatic heterocycles. The number of aryl methyl sites for hydroxylation is 1. The minimum absolute atomic E-state index is 0.00696. The Morgan fingerprint density at radius 2 is 1.81 bits per heavy atom. The summed E-state index contributed by atoms with van der Waals surface area (Å²) in [7, 11) is 1.51. The highest BCUT2D eigenvalue weighted by atomic mass is 16.5. The maximum atomic E-state index is 14.4. The van der Waals surface area contributed by atoms with Crippen molar-refractivity contribution >= 4 is 28.2 Å². The van der Waals surface area contributed by atoms with Gasteiger partial charge in [-0.3, -0.25) is 9.59 Å². The zero-order chi connectivity index (χ0) is 44.1. The molecule has 0 radical (unpaired) electrons. The van der Waals surface area contributed by atoms with Crippen LogP contribution in [0, 0.1) is 40.9 Å². The molecule has 334 valence electrons. The number of methoxy groups -OCH3 is 1. The van der Waals surface area contributed by atoms with Crippen LogP contribution < -0.4 is 15.8 Å². The minimum Gasteiger partial charge on any atom is -0.504 e. The first-order valence-electron chi connectivity index (χ1n) is 23.4. The van der Waals surface area contributed by atoms with Crippen molar-refractivity contribution in [2.24, 2.45) is 29.1 Å². The monoisotopic (exact) mass is 855 g/mol. The number of benzene rings is 3. The van der Waals surface area contributed by atoms with Gasteiger partial charge in [-0.25, -0.2) is 4.98 Å². The van der Waals surface area contributed by atoms with Gasteiger partial charge in [0.15, 0.2) is 17.3 Å². The van der Waals surface area contributed by atoms with E-state index in [1.165, 1.54) is 7.11 Å². The Labute approximate surface area is 372 Å². The number of aromatic nitrogens is 1. The van der Waals surface area contributed by atoms with Crippen molar-refractivity contribution in [1.82, 2.24) is 10.3 Å². The van der Waals surface area contributed by atoms with E-state index in [1.54, 1.807) is 18.3 Å². The van der Waals surface area contributed by atoms with Gasteiger partial charge < -0.3 is 36.2 Å². The smallest absolute Gasteiger partial charge is 0.160 e. The molecule has 1 spiro atoms. The highest BCUT2D eigenvalue weighted by Gasteiger charge is 2.48. The number of nitrogens with two attached hydrogens (primary N) is 1. The number of anilines is 1. The number of ether oxygens (including phenoxy) is 1. The number of pyridine rings is 1. The zero-order valence-corrected chi connectivity index (χ0v) is 36.7. The lowest BCUT2D eigenvalue weighted by Crippen LogP contribution is -2.50. The van der Waals surface area contributed by atoms with E-state index in [0.717, 1.165) is 78.1 Å². The first kappa shape index (κ1) is 44.8. The SMILES string of the molecule is COc1cc2c(cc1O)C(CCC(O)CC(c1ccnc(N)c1)c1ccc3ccccc3c1)C#CC1(CCC(CC(CCCO)C3CNC4CC(=O)CCC4C3)CC1O)C(=O)CC2. The topological polar surface area (TPSA) is 175 Å². The van der Waals surface area contributed by atoms with Crippen molar-refractivity contribution in [3.05, 3.63) is 95.2 Å². The molecule has 10 heteroatoms. The molecule has 7 N–H and O–H groups in total. The van der Waals surface area contributed by atoms with Crippen molar-refractivity contribution in [2.45, 2.75) is 126 Å². The molecule has 63 heavy (non-hydrogen) atoms. The van der Waals surface area contributed by atoms with Crippen LogP contribution in [0.4, 0.5) is 5.82 Å². The van der Waals surface area contributed by atoms with Gasteiger partial charge in [0.1, 0.15) is 17.0 Å². The van der Waals surface area contributed by atoms with Gasteiger partial charge in [-0.05, 0) is 165 Å². The van der Waals surface area contributed by atoms with Gasteiger partial charge in [0.25, 0.3) is 0 Å². The number of nitrogen functional groups attached to an aromatic ring is 1. The van der Waals surface area contributed by atoms with Crippen LogP contribution in [0.1, 0.15) is 124 Å². The first-order chi connectivity index (χ1) is 30.5. The lowest BCUT2D eigenvalue weighted by Gasteiger charge is -2.44. The van der Waals surface area contributed by atoms with Gasteiger partial charge in [0, 0.05) is 49.9 Å². The third-order valence-corrected chi connectivity index (χ3v) is 15.3.